The van der Waals surface area contributed by atoms with E-state index in [9.17, 15) is 9.59 Å². The number of fused-ring (bicyclic) bond motifs is 1. The van der Waals surface area contributed by atoms with Gasteiger partial charge in [0.1, 0.15) is 12.4 Å². The molecule has 8 nitrogen and oxygen atoms in total. The van der Waals surface area contributed by atoms with Crippen LogP contribution >= 0.6 is 0 Å². The second kappa shape index (κ2) is 11.6. The van der Waals surface area contributed by atoms with Gasteiger partial charge in [0.15, 0.2) is 0 Å². The van der Waals surface area contributed by atoms with E-state index in [-0.39, 0.29) is 36.0 Å². The summed E-state index contributed by atoms with van der Waals surface area (Å²) in [5.74, 6) is 1.45. The van der Waals surface area contributed by atoms with Crippen LogP contribution in [-0.4, -0.2) is 80.3 Å². The first-order valence-electron chi connectivity index (χ1n) is 13.2. The predicted molar refractivity (Wildman–Crippen MR) is 137 cm³/mol. The third kappa shape index (κ3) is 6.88. The van der Waals surface area contributed by atoms with Gasteiger partial charge >= 0.3 is 6.03 Å². The van der Waals surface area contributed by atoms with Gasteiger partial charge in [-0.2, -0.15) is 0 Å². The lowest BCUT2D eigenvalue weighted by molar-refractivity contribution is 0.00994. The van der Waals surface area contributed by atoms with Crippen molar-refractivity contribution in [2.75, 3.05) is 45.7 Å². The van der Waals surface area contributed by atoms with E-state index < -0.39 is 0 Å². The van der Waals surface area contributed by atoms with Crippen LogP contribution in [0.25, 0.3) is 0 Å². The molecular weight excluding hydrogens is 444 g/mol. The zero-order chi connectivity index (χ0) is 24.9. The first-order chi connectivity index (χ1) is 16.8. The number of carbonyl (C=O) groups is 2. The summed E-state index contributed by atoms with van der Waals surface area (Å²) < 4.78 is 12.1. The minimum atomic E-state index is -0.232. The molecule has 0 spiro atoms. The molecule has 0 unspecified atom stereocenters. The maximum atomic E-state index is 13.5. The van der Waals surface area contributed by atoms with Gasteiger partial charge < -0.3 is 25.0 Å². The molecule has 1 aromatic carbocycles. The minimum absolute atomic E-state index is 0.0693. The largest absolute Gasteiger partial charge is 0.491 e. The van der Waals surface area contributed by atoms with Gasteiger partial charge in [0.25, 0.3) is 5.91 Å². The zero-order valence-corrected chi connectivity index (χ0v) is 21.7. The molecule has 1 heterocycles. The van der Waals surface area contributed by atoms with Gasteiger partial charge in [0, 0.05) is 51.6 Å². The normalized spacial score (nSPS) is 26.9. The molecule has 0 bridgehead atoms. The second-order valence-electron chi connectivity index (χ2n) is 10.8. The predicted octanol–water partition coefficient (Wildman–Crippen LogP) is 3.97. The van der Waals surface area contributed by atoms with E-state index in [0.717, 1.165) is 44.7 Å². The molecule has 0 radical (unpaired) electrons. The van der Waals surface area contributed by atoms with Gasteiger partial charge in [0.05, 0.1) is 11.7 Å². The summed E-state index contributed by atoms with van der Waals surface area (Å²) in [6, 6.07) is 5.54. The Morgan fingerprint density at radius 1 is 1.14 bits per heavy atom. The lowest BCUT2D eigenvalue weighted by Crippen LogP contribution is -2.47. The summed E-state index contributed by atoms with van der Waals surface area (Å²) in [6.07, 6.45) is 6.87. The van der Waals surface area contributed by atoms with Crippen molar-refractivity contribution in [2.24, 2.45) is 11.8 Å². The number of urea groups is 1. The standard InChI is InChI=1S/C27H42N4O4/c1-18-14-31(15-20-9-10-20)19(2)17-35-24-12-11-22(29-27(33)28-21-7-5-6-8-21)13-23(24)26(32)30(3)16-25(18)34-4/h11-13,18-21,25H,5-10,14-17H2,1-4H3,(H2,28,29,33)/t18-,19+,25+/m1/s1. The molecule has 35 heavy (non-hydrogen) atoms. The molecule has 0 aromatic heterocycles. The van der Waals surface area contributed by atoms with E-state index in [0.29, 0.717) is 30.2 Å². The molecule has 1 aromatic rings. The fraction of sp³-hybridized carbons (Fsp3) is 0.704. The molecule has 4 rings (SSSR count). The third-order valence-corrected chi connectivity index (χ3v) is 7.71. The number of nitrogens with zero attached hydrogens (tertiary/aromatic N) is 2. The minimum Gasteiger partial charge on any atom is -0.491 e. The maximum absolute atomic E-state index is 13.5. The first-order valence-corrected chi connectivity index (χ1v) is 13.2. The Bertz CT molecular complexity index is 884. The Hall–Kier alpha value is -2.32. The van der Waals surface area contributed by atoms with Gasteiger partial charge in [-0.05, 0) is 62.6 Å². The van der Waals surface area contributed by atoms with Gasteiger partial charge in [-0.3, -0.25) is 9.69 Å². The zero-order valence-electron chi connectivity index (χ0n) is 21.7. The van der Waals surface area contributed by atoms with E-state index >= 15 is 0 Å². The van der Waals surface area contributed by atoms with E-state index in [2.05, 4.69) is 29.4 Å². The number of benzene rings is 1. The fourth-order valence-electron chi connectivity index (χ4n) is 5.24. The average Bonchev–Trinajstić information content (AvgIpc) is 3.51. The Morgan fingerprint density at radius 2 is 1.89 bits per heavy atom. The molecule has 2 aliphatic carbocycles. The molecule has 194 valence electrons. The van der Waals surface area contributed by atoms with Crippen molar-refractivity contribution in [3.8, 4) is 5.75 Å². The quantitative estimate of drug-likeness (QED) is 0.658. The topological polar surface area (TPSA) is 83.1 Å². The Kier molecular flexibility index (Phi) is 8.55. The van der Waals surface area contributed by atoms with Crippen LogP contribution in [0.15, 0.2) is 18.2 Å². The highest BCUT2D eigenvalue weighted by molar-refractivity contribution is 5.99. The summed E-state index contributed by atoms with van der Waals surface area (Å²) in [4.78, 5) is 30.2. The number of amides is 3. The van der Waals surface area contributed by atoms with Crippen LogP contribution in [-0.2, 0) is 4.74 Å². The van der Waals surface area contributed by atoms with Crippen LogP contribution in [0.2, 0.25) is 0 Å². The van der Waals surface area contributed by atoms with Crippen LogP contribution in [0.4, 0.5) is 10.5 Å². The van der Waals surface area contributed by atoms with Crippen LogP contribution in [0.3, 0.4) is 0 Å². The maximum Gasteiger partial charge on any atom is 0.319 e. The van der Waals surface area contributed by atoms with E-state index in [4.69, 9.17) is 9.47 Å². The molecule has 3 aliphatic rings. The van der Waals surface area contributed by atoms with Crippen molar-refractivity contribution in [3.63, 3.8) is 0 Å². The Balaban J connectivity index is 1.54. The summed E-state index contributed by atoms with van der Waals surface area (Å²) in [5, 5.41) is 5.94. The Labute approximate surface area is 209 Å². The molecule has 2 N–H and O–H groups in total. The highest BCUT2D eigenvalue weighted by Crippen LogP contribution is 2.32. The van der Waals surface area contributed by atoms with Crippen molar-refractivity contribution < 1.29 is 19.1 Å². The molecule has 2 saturated carbocycles. The summed E-state index contributed by atoms with van der Waals surface area (Å²) in [6.45, 7) is 7.36. The number of methoxy groups -OCH3 is 1. The second-order valence-corrected chi connectivity index (χ2v) is 10.8. The summed E-state index contributed by atoms with van der Waals surface area (Å²) in [7, 11) is 3.52. The highest BCUT2D eigenvalue weighted by Gasteiger charge is 2.31. The fourth-order valence-corrected chi connectivity index (χ4v) is 5.24. The van der Waals surface area contributed by atoms with Crippen molar-refractivity contribution in [1.82, 2.24) is 15.1 Å². The SMILES string of the molecule is CO[C@H]1CN(C)C(=O)c2cc(NC(=O)NC3CCCC3)ccc2OC[C@H](C)N(CC2CC2)C[C@H]1C. The molecule has 3 atom stereocenters. The van der Waals surface area contributed by atoms with Gasteiger partial charge in [0.2, 0.25) is 0 Å². The number of likely N-dealkylation sites (N-methyl/N-ethyl adjacent to an activating group) is 1. The number of carbonyl (C=O) groups excluding carboxylic acids is 2. The van der Waals surface area contributed by atoms with Crippen LogP contribution in [0.5, 0.6) is 5.75 Å². The lowest BCUT2D eigenvalue weighted by Gasteiger charge is -2.36. The third-order valence-electron chi connectivity index (χ3n) is 7.71. The average molecular weight is 487 g/mol. The van der Waals surface area contributed by atoms with Crippen LogP contribution in [0, 0.1) is 11.8 Å². The number of hydrogen-bond acceptors (Lipinski definition) is 5. The van der Waals surface area contributed by atoms with Crippen LogP contribution < -0.4 is 15.4 Å². The molecule has 0 saturated heterocycles. The van der Waals surface area contributed by atoms with Crippen molar-refractivity contribution >= 4 is 17.6 Å². The summed E-state index contributed by atoms with van der Waals surface area (Å²) in [5.41, 5.74) is 1.03. The molecule has 1 aliphatic heterocycles. The molecule has 8 heteroatoms. The lowest BCUT2D eigenvalue weighted by atomic mass is 10.0. The number of rotatable bonds is 5. The van der Waals surface area contributed by atoms with Crippen molar-refractivity contribution in [3.05, 3.63) is 23.8 Å². The molecule has 2 fully saturated rings. The summed E-state index contributed by atoms with van der Waals surface area (Å²) >= 11 is 0. The first kappa shape index (κ1) is 25.8. The van der Waals surface area contributed by atoms with Gasteiger partial charge in [-0.15, -0.1) is 0 Å². The highest BCUT2D eigenvalue weighted by atomic mass is 16.5. The molecular formula is C27H42N4O4. The van der Waals surface area contributed by atoms with Crippen molar-refractivity contribution in [2.45, 2.75) is 70.6 Å². The number of ether oxygens (including phenoxy) is 2. The van der Waals surface area contributed by atoms with Gasteiger partial charge in [-0.25, -0.2) is 4.79 Å². The Morgan fingerprint density at radius 3 is 2.57 bits per heavy atom. The van der Waals surface area contributed by atoms with E-state index in [1.165, 1.54) is 12.8 Å². The molecule has 3 amide bonds. The van der Waals surface area contributed by atoms with Crippen LogP contribution in [0.1, 0.15) is 62.7 Å². The van der Waals surface area contributed by atoms with Crippen molar-refractivity contribution in [1.29, 1.82) is 0 Å². The van der Waals surface area contributed by atoms with Gasteiger partial charge in [-0.1, -0.05) is 19.8 Å². The monoisotopic (exact) mass is 486 g/mol. The number of hydrogen-bond donors (Lipinski definition) is 2. The number of anilines is 1. The van der Waals surface area contributed by atoms with E-state index in [1.807, 2.05) is 0 Å². The smallest absolute Gasteiger partial charge is 0.319 e. The number of nitrogens with one attached hydrogen (secondary N) is 2. The van der Waals surface area contributed by atoms with E-state index in [1.54, 1.807) is 37.3 Å².